The maximum absolute atomic E-state index is 13.7. The summed E-state index contributed by atoms with van der Waals surface area (Å²) in [6.45, 7) is 12.6. The molecule has 0 saturated carbocycles. The summed E-state index contributed by atoms with van der Waals surface area (Å²) in [5.74, 6) is 0. The Hall–Kier alpha value is -9.64. The van der Waals surface area contributed by atoms with E-state index < -0.39 is 23.5 Å². The predicted molar refractivity (Wildman–Crippen MR) is 293 cm³/mol. The van der Waals surface area contributed by atoms with Gasteiger partial charge in [0.1, 0.15) is 6.07 Å². The van der Waals surface area contributed by atoms with Crippen LogP contribution in [0.5, 0.6) is 0 Å². The molecule has 0 aliphatic carbocycles. The van der Waals surface area contributed by atoms with E-state index in [0.717, 1.165) is 112 Å². The van der Waals surface area contributed by atoms with Crippen molar-refractivity contribution in [2.45, 2.75) is 26.2 Å². The van der Waals surface area contributed by atoms with Crippen LogP contribution in [0.1, 0.15) is 27.8 Å². The molecule has 0 radical (unpaired) electrons. The van der Waals surface area contributed by atoms with Crippen molar-refractivity contribution >= 4 is 49.3 Å². The largest absolute Gasteiger partial charge is 0.416 e. The average Bonchev–Trinajstić information content (AvgIpc) is 4.11. The smallest absolute Gasteiger partial charge is 0.319 e. The lowest BCUT2D eigenvalue weighted by Crippen LogP contribution is -2.04. The van der Waals surface area contributed by atoms with E-state index in [1.54, 1.807) is 12.1 Å². The molecule has 0 aliphatic heterocycles. The van der Waals surface area contributed by atoms with Crippen LogP contribution in [0.3, 0.4) is 0 Å². The second-order valence-corrected chi connectivity index (χ2v) is 19.1. The summed E-state index contributed by atoms with van der Waals surface area (Å²) in [5.41, 5.74) is 13.7. The van der Waals surface area contributed by atoms with Gasteiger partial charge >= 0.3 is 12.4 Å². The van der Waals surface area contributed by atoms with E-state index in [0.29, 0.717) is 44.9 Å². The molecule has 366 valence electrons. The quantitative estimate of drug-likeness (QED) is 0.116. The minimum absolute atomic E-state index is 0.360. The first-order valence-corrected chi connectivity index (χ1v) is 24.4. The van der Waals surface area contributed by atoms with Crippen molar-refractivity contribution in [1.82, 2.24) is 9.13 Å². The van der Waals surface area contributed by atoms with Crippen LogP contribution in [0.2, 0.25) is 0 Å². The third kappa shape index (κ3) is 8.31. The molecule has 0 amide bonds. The van der Waals surface area contributed by atoms with Gasteiger partial charge in [0.05, 0.1) is 56.7 Å². The normalized spacial score (nSPS) is 11.9. The van der Waals surface area contributed by atoms with Crippen LogP contribution in [0.15, 0.2) is 206 Å². The number of alkyl halides is 6. The molecule has 0 spiro atoms. The number of aromatic nitrogens is 2. The van der Waals surface area contributed by atoms with Crippen molar-refractivity contribution in [3.63, 3.8) is 0 Å². The van der Waals surface area contributed by atoms with E-state index >= 15 is 0 Å². The van der Waals surface area contributed by atoms with Gasteiger partial charge in [-0.3, -0.25) is 0 Å². The van der Waals surface area contributed by atoms with E-state index in [-0.39, 0.29) is 0 Å². The SMILES string of the molecule is [C-]#[N+]c1ccc(-c2ccc(C#N)c(-n3c4cc(-c5ccc(C)cc5)ccc4c4ccc(-c5ccc(C(F)(F)F)cc5)cc43)c2)cc1-n1c2cc(-c3ccc(C)cc3)ccc2c2ccc(-c3ccc(C(F)(F)F)cc3)cc21. The van der Waals surface area contributed by atoms with Crippen molar-refractivity contribution in [1.29, 1.82) is 5.26 Å². The highest BCUT2D eigenvalue weighted by molar-refractivity contribution is 6.13. The van der Waals surface area contributed by atoms with Crippen LogP contribution < -0.4 is 0 Å². The fourth-order valence-corrected chi connectivity index (χ4v) is 10.4. The molecule has 76 heavy (non-hydrogen) atoms. The summed E-state index contributed by atoms with van der Waals surface area (Å²) in [7, 11) is 0. The van der Waals surface area contributed by atoms with E-state index in [1.807, 2.05) is 74.5 Å². The van der Waals surface area contributed by atoms with Crippen molar-refractivity contribution < 1.29 is 26.3 Å². The molecule has 0 N–H and O–H groups in total. The summed E-state index contributed by atoms with van der Waals surface area (Å²) in [5, 5.41) is 14.5. The molecule has 0 fully saturated rings. The molecular weight excluding hydrogens is 963 g/mol. The summed E-state index contributed by atoms with van der Waals surface area (Å²) in [6, 6.07) is 64.4. The number of rotatable bonds is 7. The fraction of sp³-hybridized carbons (Fsp3) is 0.0606. The zero-order chi connectivity index (χ0) is 52.6. The van der Waals surface area contributed by atoms with E-state index in [2.05, 4.69) is 105 Å². The fourth-order valence-electron chi connectivity index (χ4n) is 10.4. The first kappa shape index (κ1) is 47.4. The van der Waals surface area contributed by atoms with Gasteiger partial charge in [0.15, 0.2) is 0 Å². The summed E-state index contributed by atoms with van der Waals surface area (Å²) < 4.78 is 86.1. The molecule has 0 aliphatic rings. The number of nitrogens with zero attached hydrogens (tertiary/aromatic N) is 4. The second-order valence-electron chi connectivity index (χ2n) is 19.1. The van der Waals surface area contributed by atoms with Gasteiger partial charge < -0.3 is 9.13 Å². The van der Waals surface area contributed by atoms with Gasteiger partial charge in [-0.2, -0.15) is 31.6 Å². The molecule has 4 nitrogen and oxygen atoms in total. The van der Waals surface area contributed by atoms with Gasteiger partial charge in [-0.1, -0.05) is 151 Å². The summed E-state index contributed by atoms with van der Waals surface area (Å²) in [4.78, 5) is 4.04. The zero-order valence-electron chi connectivity index (χ0n) is 40.7. The van der Waals surface area contributed by atoms with Gasteiger partial charge in [0.2, 0.25) is 5.69 Å². The Morgan fingerprint density at radius 1 is 0.368 bits per heavy atom. The maximum atomic E-state index is 13.7. The summed E-state index contributed by atoms with van der Waals surface area (Å²) in [6.07, 6.45) is -8.98. The molecule has 0 saturated heterocycles. The van der Waals surface area contributed by atoms with Gasteiger partial charge in [0, 0.05) is 21.5 Å². The Morgan fingerprint density at radius 3 is 1.00 bits per heavy atom. The maximum Gasteiger partial charge on any atom is 0.416 e. The zero-order valence-corrected chi connectivity index (χ0v) is 40.7. The Morgan fingerprint density at radius 2 is 0.658 bits per heavy atom. The van der Waals surface area contributed by atoms with Crippen LogP contribution in [0.25, 0.3) is 115 Å². The lowest BCUT2D eigenvalue weighted by atomic mass is 10.0. The number of halogens is 6. The molecule has 10 heteroatoms. The monoisotopic (exact) mass is 1000 g/mol. The van der Waals surface area contributed by atoms with Crippen molar-refractivity contribution in [3.8, 4) is 73.1 Å². The van der Waals surface area contributed by atoms with Crippen LogP contribution in [0.4, 0.5) is 32.0 Å². The van der Waals surface area contributed by atoms with Gasteiger partial charge in [-0.25, -0.2) is 4.85 Å². The molecule has 2 aromatic heterocycles. The molecule has 2 heterocycles. The molecule has 0 atom stereocenters. The Bertz CT molecular complexity index is 4090. The van der Waals surface area contributed by atoms with Crippen LogP contribution >= 0.6 is 0 Å². The lowest BCUT2D eigenvalue weighted by molar-refractivity contribution is -0.138. The topological polar surface area (TPSA) is 38.0 Å². The number of benzene rings is 10. The third-order valence-electron chi connectivity index (χ3n) is 14.4. The molecule has 0 unspecified atom stereocenters. The van der Waals surface area contributed by atoms with Gasteiger partial charge in [-0.15, -0.1) is 0 Å². The van der Waals surface area contributed by atoms with Crippen LogP contribution in [-0.4, -0.2) is 9.13 Å². The Kier molecular flexibility index (Phi) is 11.3. The van der Waals surface area contributed by atoms with Crippen molar-refractivity contribution in [2.75, 3.05) is 0 Å². The highest BCUT2D eigenvalue weighted by atomic mass is 19.4. The highest BCUT2D eigenvalue weighted by Gasteiger charge is 2.31. The lowest BCUT2D eigenvalue weighted by Gasteiger charge is -2.16. The Balaban J connectivity index is 1.07. The van der Waals surface area contributed by atoms with Gasteiger partial charge in [0.25, 0.3) is 0 Å². The first-order valence-electron chi connectivity index (χ1n) is 24.4. The number of fused-ring (bicyclic) bond motifs is 6. The molecular formula is C66H40F6N4. The van der Waals surface area contributed by atoms with E-state index in [1.165, 1.54) is 24.3 Å². The molecule has 12 rings (SSSR count). The van der Waals surface area contributed by atoms with Crippen LogP contribution in [-0.2, 0) is 12.4 Å². The standard InChI is InChI=1S/C66H40F6N4/c1-39-4-8-41(9-5-39)45-18-27-54-55-28-20-47(43-14-23-52(24-15-43)65(67,68)69)34-61(55)75(60(54)33-45)59-32-49(12-13-51(59)38-73)50-22-31-58(74-3)64(37-50)76-62-35-46(42-10-6-40(2)7-11-42)19-29-56(62)57-30-21-48(36-63(57)76)44-16-25-53(26-17-44)66(70,71)72/h4-37H,1-2H3. The average molecular weight is 1000 g/mol. The number of hydrogen-bond acceptors (Lipinski definition) is 1. The minimum atomic E-state index is -4.49. The van der Waals surface area contributed by atoms with Gasteiger partial charge in [-0.05, 0) is 136 Å². The highest BCUT2D eigenvalue weighted by Crippen LogP contribution is 2.44. The van der Waals surface area contributed by atoms with Crippen molar-refractivity contribution in [3.05, 3.63) is 245 Å². The predicted octanol–water partition coefficient (Wildman–Crippen LogP) is 19.3. The second kappa shape index (κ2) is 18.1. The van der Waals surface area contributed by atoms with Crippen molar-refractivity contribution in [2.24, 2.45) is 0 Å². The van der Waals surface area contributed by atoms with E-state index in [4.69, 9.17) is 6.57 Å². The Labute approximate surface area is 433 Å². The number of aryl methyl sites for hydroxylation is 2. The molecule has 12 aromatic rings. The minimum Gasteiger partial charge on any atom is -0.319 e. The van der Waals surface area contributed by atoms with Crippen LogP contribution in [0, 0.1) is 31.8 Å². The molecule has 0 bridgehead atoms. The molecule has 10 aromatic carbocycles. The van der Waals surface area contributed by atoms with E-state index in [9.17, 15) is 31.6 Å². The first-order chi connectivity index (χ1) is 36.6. The number of nitriles is 1. The number of hydrogen-bond donors (Lipinski definition) is 0. The third-order valence-corrected chi connectivity index (χ3v) is 14.4. The summed E-state index contributed by atoms with van der Waals surface area (Å²) >= 11 is 0.